The largest absolute Gasteiger partial charge is 0.300 e. The number of carbonyl (C=O) groups is 1. The monoisotopic (exact) mass is 255 g/mol. The molecule has 0 aliphatic heterocycles. The number of amides is 1. The van der Waals surface area contributed by atoms with Gasteiger partial charge in [0.05, 0.1) is 0 Å². The summed E-state index contributed by atoms with van der Waals surface area (Å²) in [6.45, 7) is 12.0. The molecule has 0 atom stereocenters. The molecule has 96 valence electrons. The Morgan fingerprint density at radius 1 is 1.29 bits per heavy atom. The first-order valence-electron chi connectivity index (χ1n) is 5.82. The van der Waals surface area contributed by atoms with Crippen LogP contribution >= 0.6 is 11.5 Å². The summed E-state index contributed by atoms with van der Waals surface area (Å²) in [6, 6.07) is 0. The second kappa shape index (κ2) is 4.72. The standard InChI is InChI=1S/C12H21N3OS/c1-7-12(5,6)9(16)14-10-13-8(15-17-10)11(2,3)4/h7H2,1-6H3,(H,13,14,15,16). The Hall–Kier alpha value is -0.970. The number of nitrogens with one attached hydrogen (secondary N) is 1. The molecule has 1 aromatic rings. The van der Waals surface area contributed by atoms with E-state index >= 15 is 0 Å². The van der Waals surface area contributed by atoms with Crippen LogP contribution in [0, 0.1) is 5.41 Å². The molecule has 1 rings (SSSR count). The third kappa shape index (κ3) is 3.49. The molecule has 5 heteroatoms. The van der Waals surface area contributed by atoms with Crippen molar-refractivity contribution >= 4 is 22.6 Å². The number of hydrogen-bond acceptors (Lipinski definition) is 4. The van der Waals surface area contributed by atoms with Crippen molar-refractivity contribution in [3.8, 4) is 0 Å². The van der Waals surface area contributed by atoms with Crippen molar-refractivity contribution in [1.82, 2.24) is 9.36 Å². The first kappa shape index (κ1) is 14.1. The van der Waals surface area contributed by atoms with Crippen molar-refractivity contribution in [2.45, 2.75) is 53.4 Å². The molecular formula is C12H21N3OS. The maximum absolute atomic E-state index is 12.0. The molecule has 0 aliphatic rings. The lowest BCUT2D eigenvalue weighted by molar-refractivity contribution is -0.124. The highest BCUT2D eigenvalue weighted by atomic mass is 32.1. The molecule has 0 fully saturated rings. The van der Waals surface area contributed by atoms with Gasteiger partial charge in [-0.15, -0.1) is 0 Å². The number of rotatable bonds is 3. The van der Waals surface area contributed by atoms with Gasteiger partial charge >= 0.3 is 0 Å². The molecule has 0 aliphatic carbocycles. The smallest absolute Gasteiger partial charge is 0.231 e. The van der Waals surface area contributed by atoms with E-state index in [1.807, 2.05) is 20.8 Å². The van der Waals surface area contributed by atoms with Gasteiger partial charge in [-0.2, -0.15) is 4.37 Å². The molecular weight excluding hydrogens is 234 g/mol. The highest BCUT2D eigenvalue weighted by molar-refractivity contribution is 7.09. The van der Waals surface area contributed by atoms with Crippen molar-refractivity contribution in [3.05, 3.63) is 5.82 Å². The fraction of sp³-hybridized carbons (Fsp3) is 0.750. The lowest BCUT2D eigenvalue weighted by Gasteiger charge is -2.20. The molecule has 1 heterocycles. The third-order valence-corrected chi connectivity index (χ3v) is 3.45. The average molecular weight is 255 g/mol. The first-order chi connectivity index (χ1) is 7.66. The van der Waals surface area contributed by atoms with Crippen molar-refractivity contribution in [3.63, 3.8) is 0 Å². The van der Waals surface area contributed by atoms with Gasteiger partial charge in [0.25, 0.3) is 0 Å². The Labute approximate surface area is 107 Å². The van der Waals surface area contributed by atoms with E-state index in [1.54, 1.807) is 0 Å². The maximum atomic E-state index is 12.0. The second-order valence-corrected chi connectivity index (χ2v) is 6.62. The van der Waals surface area contributed by atoms with Crippen LogP contribution in [0.2, 0.25) is 0 Å². The molecule has 0 spiro atoms. The Morgan fingerprint density at radius 2 is 1.88 bits per heavy atom. The summed E-state index contributed by atoms with van der Waals surface area (Å²) in [5.41, 5.74) is -0.451. The number of anilines is 1. The van der Waals surface area contributed by atoms with Crippen LogP contribution in [0.1, 0.15) is 53.8 Å². The fourth-order valence-electron chi connectivity index (χ4n) is 1.01. The molecule has 0 radical (unpaired) electrons. The molecule has 0 unspecified atom stereocenters. The van der Waals surface area contributed by atoms with Gasteiger partial charge in [-0.05, 0) is 6.42 Å². The summed E-state index contributed by atoms with van der Waals surface area (Å²) in [4.78, 5) is 16.3. The lowest BCUT2D eigenvalue weighted by atomic mass is 9.89. The van der Waals surface area contributed by atoms with Crippen LogP contribution in [0.5, 0.6) is 0 Å². The number of hydrogen-bond donors (Lipinski definition) is 1. The van der Waals surface area contributed by atoms with Crippen LogP contribution in [0.3, 0.4) is 0 Å². The number of nitrogens with zero attached hydrogens (tertiary/aromatic N) is 2. The van der Waals surface area contributed by atoms with Gasteiger partial charge in [-0.3, -0.25) is 4.79 Å². The summed E-state index contributed by atoms with van der Waals surface area (Å²) in [5.74, 6) is 0.767. The Kier molecular flexibility index (Phi) is 3.91. The minimum Gasteiger partial charge on any atom is -0.300 e. The minimum atomic E-state index is -0.367. The zero-order valence-electron chi connectivity index (χ0n) is 11.4. The highest BCUT2D eigenvalue weighted by Crippen LogP contribution is 2.26. The second-order valence-electron chi connectivity index (χ2n) is 5.86. The van der Waals surface area contributed by atoms with Crippen molar-refractivity contribution in [1.29, 1.82) is 0 Å². The fourth-order valence-corrected chi connectivity index (χ4v) is 1.76. The zero-order chi connectivity index (χ0) is 13.3. The number of aromatic nitrogens is 2. The molecule has 0 saturated heterocycles. The zero-order valence-corrected chi connectivity index (χ0v) is 12.2. The number of carbonyl (C=O) groups excluding carboxylic acids is 1. The Morgan fingerprint density at radius 3 is 2.29 bits per heavy atom. The van der Waals surface area contributed by atoms with E-state index in [0.717, 1.165) is 12.2 Å². The molecule has 0 bridgehead atoms. The maximum Gasteiger partial charge on any atom is 0.231 e. The van der Waals surface area contributed by atoms with Gasteiger partial charge in [0.1, 0.15) is 5.82 Å². The molecule has 17 heavy (non-hydrogen) atoms. The molecule has 1 amide bonds. The van der Waals surface area contributed by atoms with Gasteiger partial charge in [0.2, 0.25) is 11.0 Å². The van der Waals surface area contributed by atoms with Crippen LogP contribution in [0.4, 0.5) is 5.13 Å². The van der Waals surface area contributed by atoms with Crippen molar-refractivity contribution in [2.24, 2.45) is 5.41 Å². The van der Waals surface area contributed by atoms with Crippen molar-refractivity contribution in [2.75, 3.05) is 5.32 Å². The van der Waals surface area contributed by atoms with E-state index < -0.39 is 0 Å². The summed E-state index contributed by atoms with van der Waals surface area (Å²) < 4.78 is 4.26. The van der Waals surface area contributed by atoms with E-state index in [1.165, 1.54) is 11.5 Å². The summed E-state index contributed by atoms with van der Waals surface area (Å²) >= 11 is 1.24. The van der Waals surface area contributed by atoms with Crippen LogP contribution in [0.15, 0.2) is 0 Å². The normalized spacial score (nSPS) is 12.6. The van der Waals surface area contributed by atoms with E-state index in [-0.39, 0.29) is 16.7 Å². The third-order valence-electron chi connectivity index (χ3n) is 2.82. The molecule has 1 N–H and O–H groups in total. The van der Waals surface area contributed by atoms with Crippen molar-refractivity contribution < 1.29 is 4.79 Å². The first-order valence-corrected chi connectivity index (χ1v) is 6.60. The Bertz CT molecular complexity index is 404. The topological polar surface area (TPSA) is 54.9 Å². The SMILES string of the molecule is CCC(C)(C)C(=O)Nc1nc(C(C)(C)C)ns1. The van der Waals surface area contributed by atoms with Gasteiger partial charge in [-0.1, -0.05) is 41.5 Å². The van der Waals surface area contributed by atoms with E-state index in [0.29, 0.717) is 5.13 Å². The van der Waals surface area contributed by atoms with Gasteiger partial charge in [0, 0.05) is 22.4 Å². The van der Waals surface area contributed by atoms with Crippen LogP contribution < -0.4 is 5.32 Å². The summed E-state index contributed by atoms with van der Waals surface area (Å²) in [7, 11) is 0. The summed E-state index contributed by atoms with van der Waals surface area (Å²) in [6.07, 6.45) is 0.795. The molecule has 1 aromatic heterocycles. The van der Waals surface area contributed by atoms with Crippen LogP contribution in [-0.4, -0.2) is 15.3 Å². The predicted molar refractivity (Wildman–Crippen MR) is 71.3 cm³/mol. The van der Waals surface area contributed by atoms with E-state index in [2.05, 4.69) is 35.4 Å². The minimum absolute atomic E-state index is 0.00314. The summed E-state index contributed by atoms with van der Waals surface area (Å²) in [5, 5.41) is 3.42. The van der Waals surface area contributed by atoms with Gasteiger partial charge in [0.15, 0.2) is 0 Å². The van der Waals surface area contributed by atoms with Crippen LogP contribution in [0.25, 0.3) is 0 Å². The van der Waals surface area contributed by atoms with Gasteiger partial charge in [-0.25, -0.2) is 4.98 Å². The average Bonchev–Trinajstić information content (AvgIpc) is 2.65. The lowest BCUT2D eigenvalue weighted by Crippen LogP contribution is -2.30. The van der Waals surface area contributed by atoms with E-state index in [4.69, 9.17) is 0 Å². The van der Waals surface area contributed by atoms with E-state index in [9.17, 15) is 4.79 Å². The highest BCUT2D eigenvalue weighted by Gasteiger charge is 2.27. The molecule has 0 aromatic carbocycles. The quantitative estimate of drug-likeness (QED) is 0.902. The Balaban J connectivity index is 2.77. The molecule has 4 nitrogen and oxygen atoms in total. The predicted octanol–water partition coefficient (Wildman–Crippen LogP) is 3.21. The molecule has 0 saturated carbocycles. The van der Waals surface area contributed by atoms with Crippen LogP contribution in [-0.2, 0) is 10.2 Å². The van der Waals surface area contributed by atoms with Gasteiger partial charge < -0.3 is 5.32 Å².